The number of carbonyl (C=O) groups excluding carboxylic acids is 2. The SMILES string of the molecule is COC[C@H](NC(=O)Cn1ncc2ccccc21)C(=O)OC. The first-order valence-corrected chi connectivity index (χ1v) is 6.42. The Balaban J connectivity index is 2.05. The molecule has 0 radical (unpaired) electrons. The van der Waals surface area contributed by atoms with E-state index in [0.717, 1.165) is 10.9 Å². The van der Waals surface area contributed by atoms with E-state index in [2.05, 4.69) is 15.2 Å². The zero-order valence-corrected chi connectivity index (χ0v) is 11.9. The molecule has 0 saturated carbocycles. The van der Waals surface area contributed by atoms with Gasteiger partial charge in [0.2, 0.25) is 5.91 Å². The van der Waals surface area contributed by atoms with Gasteiger partial charge in [-0.05, 0) is 6.07 Å². The highest BCUT2D eigenvalue weighted by Crippen LogP contribution is 2.12. The van der Waals surface area contributed by atoms with Gasteiger partial charge in [-0.25, -0.2) is 4.79 Å². The van der Waals surface area contributed by atoms with Crippen molar-refractivity contribution >= 4 is 22.8 Å². The van der Waals surface area contributed by atoms with E-state index in [-0.39, 0.29) is 19.1 Å². The molecule has 1 heterocycles. The number of nitrogens with zero attached hydrogens (tertiary/aromatic N) is 2. The van der Waals surface area contributed by atoms with Gasteiger partial charge in [-0.15, -0.1) is 0 Å². The number of benzene rings is 1. The van der Waals surface area contributed by atoms with Gasteiger partial charge in [0.25, 0.3) is 0 Å². The van der Waals surface area contributed by atoms with Crippen LogP contribution >= 0.6 is 0 Å². The Kier molecular flexibility index (Phi) is 4.89. The van der Waals surface area contributed by atoms with Crippen molar-refractivity contribution in [2.24, 2.45) is 0 Å². The van der Waals surface area contributed by atoms with E-state index in [4.69, 9.17) is 4.74 Å². The quantitative estimate of drug-likeness (QED) is 0.776. The molecule has 0 fully saturated rings. The fourth-order valence-corrected chi connectivity index (χ4v) is 2.01. The van der Waals surface area contributed by atoms with Crippen molar-refractivity contribution < 1.29 is 19.1 Å². The lowest BCUT2D eigenvalue weighted by Gasteiger charge is -2.15. The molecule has 21 heavy (non-hydrogen) atoms. The summed E-state index contributed by atoms with van der Waals surface area (Å²) < 4.78 is 11.1. The number of rotatable bonds is 6. The molecule has 112 valence electrons. The second-order valence-electron chi connectivity index (χ2n) is 4.46. The normalized spacial score (nSPS) is 12.1. The molecular weight excluding hydrogens is 274 g/mol. The number of fused-ring (bicyclic) bond motifs is 1. The van der Waals surface area contributed by atoms with Gasteiger partial charge in [0.05, 0.1) is 25.4 Å². The third-order valence-electron chi connectivity index (χ3n) is 3.00. The molecule has 7 nitrogen and oxygen atoms in total. The number of hydrogen-bond acceptors (Lipinski definition) is 5. The molecule has 1 amide bonds. The summed E-state index contributed by atoms with van der Waals surface area (Å²) in [5.74, 6) is -0.883. The van der Waals surface area contributed by atoms with Crippen LogP contribution in [0.5, 0.6) is 0 Å². The first-order valence-electron chi connectivity index (χ1n) is 6.42. The van der Waals surface area contributed by atoms with Crippen molar-refractivity contribution in [3.8, 4) is 0 Å². The average molecular weight is 291 g/mol. The van der Waals surface area contributed by atoms with Gasteiger partial charge >= 0.3 is 5.97 Å². The van der Waals surface area contributed by atoms with E-state index in [1.54, 1.807) is 10.9 Å². The predicted molar refractivity (Wildman–Crippen MR) is 75.6 cm³/mol. The third-order valence-corrected chi connectivity index (χ3v) is 3.00. The van der Waals surface area contributed by atoms with Gasteiger partial charge in [-0.2, -0.15) is 5.10 Å². The van der Waals surface area contributed by atoms with Gasteiger partial charge in [-0.1, -0.05) is 18.2 Å². The Bertz CT molecular complexity index is 638. The number of methoxy groups -OCH3 is 2. The maximum atomic E-state index is 12.0. The lowest BCUT2D eigenvalue weighted by Crippen LogP contribution is -2.45. The van der Waals surface area contributed by atoms with Gasteiger partial charge < -0.3 is 14.8 Å². The highest BCUT2D eigenvalue weighted by molar-refractivity contribution is 5.86. The average Bonchev–Trinajstić information content (AvgIpc) is 2.89. The van der Waals surface area contributed by atoms with E-state index in [1.165, 1.54) is 14.2 Å². The van der Waals surface area contributed by atoms with Crippen molar-refractivity contribution in [2.75, 3.05) is 20.8 Å². The Hall–Kier alpha value is -2.41. The monoisotopic (exact) mass is 291 g/mol. The minimum atomic E-state index is -0.825. The van der Waals surface area contributed by atoms with Crippen LogP contribution in [0.2, 0.25) is 0 Å². The minimum absolute atomic E-state index is 0.0186. The topological polar surface area (TPSA) is 82.5 Å². The molecule has 1 aromatic heterocycles. The molecule has 0 unspecified atom stereocenters. The molecule has 1 atom stereocenters. The summed E-state index contributed by atoms with van der Waals surface area (Å²) in [5, 5.41) is 7.68. The van der Waals surface area contributed by atoms with Gasteiger partial charge in [0, 0.05) is 12.5 Å². The van der Waals surface area contributed by atoms with Crippen molar-refractivity contribution in [3.05, 3.63) is 30.5 Å². The lowest BCUT2D eigenvalue weighted by atomic mass is 10.2. The number of nitrogens with one attached hydrogen (secondary N) is 1. The van der Waals surface area contributed by atoms with Crippen LogP contribution in [0.4, 0.5) is 0 Å². The van der Waals surface area contributed by atoms with Gasteiger partial charge in [0.1, 0.15) is 6.54 Å². The number of aromatic nitrogens is 2. The van der Waals surface area contributed by atoms with Crippen LogP contribution in [0, 0.1) is 0 Å². The highest BCUT2D eigenvalue weighted by atomic mass is 16.5. The zero-order chi connectivity index (χ0) is 15.2. The fourth-order valence-electron chi connectivity index (χ4n) is 2.01. The van der Waals surface area contributed by atoms with Crippen LogP contribution in [0.25, 0.3) is 10.9 Å². The summed E-state index contributed by atoms with van der Waals surface area (Å²) in [6, 6.07) is 6.75. The van der Waals surface area contributed by atoms with Crippen LogP contribution < -0.4 is 5.32 Å². The largest absolute Gasteiger partial charge is 0.467 e. The van der Waals surface area contributed by atoms with E-state index in [9.17, 15) is 9.59 Å². The molecule has 0 aliphatic heterocycles. The van der Waals surface area contributed by atoms with Crippen molar-refractivity contribution in [3.63, 3.8) is 0 Å². The summed E-state index contributed by atoms with van der Waals surface area (Å²) in [7, 11) is 2.71. The summed E-state index contributed by atoms with van der Waals surface area (Å²) in [6.07, 6.45) is 1.69. The standard InChI is InChI=1S/C14H17N3O4/c1-20-9-11(14(19)21-2)16-13(18)8-17-12-6-4-3-5-10(12)7-15-17/h3-7,11H,8-9H2,1-2H3,(H,16,18)/t11-/m0/s1. The fraction of sp³-hybridized carbons (Fsp3) is 0.357. The molecule has 2 rings (SSSR count). The van der Waals surface area contributed by atoms with Crippen LogP contribution in [-0.2, 0) is 25.6 Å². The van der Waals surface area contributed by atoms with Crippen LogP contribution in [0.1, 0.15) is 0 Å². The molecular formula is C14H17N3O4. The van der Waals surface area contributed by atoms with Crippen molar-refractivity contribution in [1.29, 1.82) is 0 Å². The zero-order valence-electron chi connectivity index (χ0n) is 11.9. The molecule has 1 N–H and O–H groups in total. The first kappa shape index (κ1) is 15.0. The van der Waals surface area contributed by atoms with E-state index in [0.29, 0.717) is 0 Å². The Morgan fingerprint density at radius 1 is 1.33 bits per heavy atom. The molecule has 0 spiro atoms. The number of hydrogen-bond donors (Lipinski definition) is 1. The van der Waals surface area contributed by atoms with Crippen molar-refractivity contribution in [2.45, 2.75) is 12.6 Å². The predicted octanol–water partition coefficient (Wildman–Crippen LogP) is 0.340. The molecule has 1 aromatic carbocycles. The van der Waals surface area contributed by atoms with E-state index >= 15 is 0 Å². The molecule has 2 aromatic rings. The van der Waals surface area contributed by atoms with E-state index < -0.39 is 12.0 Å². The number of ether oxygens (including phenoxy) is 2. The number of para-hydroxylation sites is 1. The summed E-state index contributed by atoms with van der Waals surface area (Å²) in [6.45, 7) is 0.0724. The minimum Gasteiger partial charge on any atom is -0.467 e. The summed E-state index contributed by atoms with van der Waals surface area (Å²) in [4.78, 5) is 23.5. The molecule has 0 bridgehead atoms. The number of amides is 1. The second-order valence-corrected chi connectivity index (χ2v) is 4.46. The van der Waals surface area contributed by atoms with Crippen LogP contribution in [0.15, 0.2) is 30.5 Å². The van der Waals surface area contributed by atoms with Gasteiger partial charge in [-0.3, -0.25) is 9.48 Å². The Labute approximate surface area is 121 Å². The van der Waals surface area contributed by atoms with Crippen molar-refractivity contribution in [1.82, 2.24) is 15.1 Å². The third kappa shape index (κ3) is 3.57. The lowest BCUT2D eigenvalue weighted by molar-refractivity contribution is -0.146. The Morgan fingerprint density at radius 2 is 2.10 bits per heavy atom. The second kappa shape index (κ2) is 6.85. The van der Waals surface area contributed by atoms with Crippen LogP contribution in [0.3, 0.4) is 0 Å². The Morgan fingerprint density at radius 3 is 2.81 bits per heavy atom. The molecule has 0 aliphatic rings. The maximum Gasteiger partial charge on any atom is 0.330 e. The molecule has 7 heteroatoms. The first-order chi connectivity index (χ1) is 10.2. The van der Waals surface area contributed by atoms with Gasteiger partial charge in [0.15, 0.2) is 6.04 Å². The number of carbonyl (C=O) groups is 2. The number of esters is 1. The van der Waals surface area contributed by atoms with E-state index in [1.807, 2.05) is 24.3 Å². The summed E-state index contributed by atoms with van der Waals surface area (Å²) in [5.41, 5.74) is 0.856. The smallest absolute Gasteiger partial charge is 0.330 e. The summed E-state index contributed by atoms with van der Waals surface area (Å²) >= 11 is 0. The molecule has 0 saturated heterocycles. The highest BCUT2D eigenvalue weighted by Gasteiger charge is 2.21. The maximum absolute atomic E-state index is 12.0. The molecule has 0 aliphatic carbocycles. The van der Waals surface area contributed by atoms with Crippen LogP contribution in [-0.4, -0.2) is 48.5 Å².